The molecule has 2 N–H and O–H groups in total. The van der Waals surface area contributed by atoms with Crippen LogP contribution in [0.2, 0.25) is 0 Å². The molecule has 1 aromatic carbocycles. The van der Waals surface area contributed by atoms with Crippen LogP contribution in [0.25, 0.3) is 11.3 Å². The molecular formula is C19H28Cl2N4O3. The van der Waals surface area contributed by atoms with E-state index < -0.39 is 0 Å². The van der Waals surface area contributed by atoms with E-state index in [1.54, 1.807) is 13.3 Å². The smallest absolute Gasteiger partial charge is 0.225 e. The third kappa shape index (κ3) is 6.46. The number of piperazine rings is 1. The van der Waals surface area contributed by atoms with Crippen molar-refractivity contribution in [2.45, 2.75) is 19.1 Å². The summed E-state index contributed by atoms with van der Waals surface area (Å²) in [6, 6.07) is 9.94. The summed E-state index contributed by atoms with van der Waals surface area (Å²) in [4.78, 5) is 20.8. The number of hydrogen-bond acceptors (Lipinski definition) is 6. The Labute approximate surface area is 178 Å². The van der Waals surface area contributed by atoms with E-state index >= 15 is 0 Å². The van der Waals surface area contributed by atoms with Crippen LogP contribution in [-0.4, -0.2) is 66.6 Å². The van der Waals surface area contributed by atoms with Gasteiger partial charge in [-0.15, -0.1) is 24.8 Å². The van der Waals surface area contributed by atoms with Crippen LogP contribution < -0.4 is 5.73 Å². The normalized spacial score (nSPS) is 15.4. The van der Waals surface area contributed by atoms with Gasteiger partial charge in [0.2, 0.25) is 11.8 Å². The first-order valence-corrected chi connectivity index (χ1v) is 8.92. The maximum absolute atomic E-state index is 12.3. The van der Waals surface area contributed by atoms with E-state index in [0.29, 0.717) is 38.5 Å². The summed E-state index contributed by atoms with van der Waals surface area (Å²) in [5.41, 5.74) is 6.61. The van der Waals surface area contributed by atoms with Crippen molar-refractivity contribution >= 4 is 30.7 Å². The van der Waals surface area contributed by atoms with E-state index in [9.17, 15) is 4.79 Å². The van der Waals surface area contributed by atoms with Crippen molar-refractivity contribution in [1.82, 2.24) is 14.8 Å². The van der Waals surface area contributed by atoms with E-state index in [-0.39, 0.29) is 36.8 Å². The number of ether oxygens (including phenoxy) is 1. The van der Waals surface area contributed by atoms with Crippen molar-refractivity contribution < 1.29 is 13.9 Å². The summed E-state index contributed by atoms with van der Waals surface area (Å²) in [6.45, 7) is 4.01. The molecule has 1 aliphatic heterocycles. The topological polar surface area (TPSA) is 84.8 Å². The molecule has 2 heterocycles. The fourth-order valence-corrected chi connectivity index (χ4v) is 3.05. The maximum Gasteiger partial charge on any atom is 0.225 e. The van der Waals surface area contributed by atoms with Crippen molar-refractivity contribution in [2.75, 3.05) is 39.8 Å². The van der Waals surface area contributed by atoms with Gasteiger partial charge in [-0.05, 0) is 0 Å². The average Bonchev–Trinajstić information content (AvgIpc) is 3.15. The predicted octanol–water partition coefficient (Wildman–Crippen LogP) is 2.19. The van der Waals surface area contributed by atoms with E-state index in [4.69, 9.17) is 14.9 Å². The molecule has 1 unspecified atom stereocenters. The third-order valence-corrected chi connectivity index (χ3v) is 4.69. The Kier molecular flexibility index (Phi) is 10.5. The number of methoxy groups -OCH3 is 1. The van der Waals surface area contributed by atoms with Gasteiger partial charge >= 0.3 is 0 Å². The van der Waals surface area contributed by atoms with Crippen LogP contribution in [0, 0.1) is 0 Å². The summed E-state index contributed by atoms with van der Waals surface area (Å²) < 4.78 is 11.1. The molecule has 1 aromatic heterocycles. The Morgan fingerprint density at radius 2 is 1.89 bits per heavy atom. The van der Waals surface area contributed by atoms with Gasteiger partial charge in [-0.2, -0.15) is 0 Å². The van der Waals surface area contributed by atoms with E-state index in [0.717, 1.165) is 24.4 Å². The number of rotatable bonds is 7. The molecule has 28 heavy (non-hydrogen) atoms. The second kappa shape index (κ2) is 12.0. The molecular weight excluding hydrogens is 403 g/mol. The number of halogens is 2. The molecule has 2 aromatic rings. The molecule has 9 heteroatoms. The summed E-state index contributed by atoms with van der Waals surface area (Å²) in [5.74, 6) is 1.58. The van der Waals surface area contributed by atoms with E-state index in [1.807, 2.05) is 35.2 Å². The third-order valence-electron chi connectivity index (χ3n) is 4.69. The molecule has 1 saturated heterocycles. The lowest BCUT2D eigenvalue weighted by atomic mass is 10.2. The summed E-state index contributed by atoms with van der Waals surface area (Å²) in [6.07, 6.45) is 1.90. The van der Waals surface area contributed by atoms with Crippen molar-refractivity contribution in [3.05, 3.63) is 42.4 Å². The Morgan fingerprint density at radius 3 is 2.50 bits per heavy atom. The van der Waals surface area contributed by atoms with Gasteiger partial charge in [0, 0.05) is 45.4 Å². The maximum atomic E-state index is 12.3. The highest BCUT2D eigenvalue weighted by molar-refractivity contribution is 5.85. The van der Waals surface area contributed by atoms with Gasteiger partial charge in [0.1, 0.15) is 0 Å². The SMILES string of the molecule is COC(CN)CC(=O)N1CCN(Cc2ncc(-c3ccccc3)o2)CC1.Cl.Cl. The summed E-state index contributed by atoms with van der Waals surface area (Å²) >= 11 is 0. The molecule has 3 rings (SSSR count). The first kappa shape index (κ1) is 24.4. The number of nitrogens with zero attached hydrogens (tertiary/aromatic N) is 3. The molecule has 0 bridgehead atoms. The average molecular weight is 431 g/mol. The first-order valence-electron chi connectivity index (χ1n) is 8.92. The molecule has 1 amide bonds. The molecule has 1 aliphatic rings. The van der Waals surface area contributed by atoms with Crippen LogP contribution in [0.1, 0.15) is 12.3 Å². The number of carbonyl (C=O) groups is 1. The molecule has 7 nitrogen and oxygen atoms in total. The molecule has 0 aliphatic carbocycles. The van der Waals surface area contributed by atoms with Gasteiger partial charge in [-0.1, -0.05) is 30.3 Å². The van der Waals surface area contributed by atoms with Gasteiger partial charge in [-0.3, -0.25) is 9.69 Å². The van der Waals surface area contributed by atoms with Crippen LogP contribution in [0.3, 0.4) is 0 Å². The van der Waals surface area contributed by atoms with Crippen molar-refractivity contribution in [1.29, 1.82) is 0 Å². The van der Waals surface area contributed by atoms with Gasteiger partial charge in [-0.25, -0.2) is 4.98 Å². The van der Waals surface area contributed by atoms with Crippen LogP contribution >= 0.6 is 24.8 Å². The minimum absolute atomic E-state index is 0. The standard InChI is InChI=1S/C19H26N4O3.2ClH/c1-25-16(12-20)11-19(24)23-9-7-22(8-10-23)14-18-21-13-17(26-18)15-5-3-2-4-6-15;;/h2-6,13,16H,7-12,14,20H2,1H3;2*1H. The monoisotopic (exact) mass is 430 g/mol. The Morgan fingerprint density at radius 1 is 1.21 bits per heavy atom. The van der Waals surface area contributed by atoms with E-state index in [2.05, 4.69) is 9.88 Å². The number of oxazole rings is 1. The van der Waals surface area contributed by atoms with Crippen LogP contribution in [0.5, 0.6) is 0 Å². The number of hydrogen-bond donors (Lipinski definition) is 1. The van der Waals surface area contributed by atoms with Crippen LogP contribution in [-0.2, 0) is 16.1 Å². The molecule has 0 spiro atoms. The van der Waals surface area contributed by atoms with Crippen LogP contribution in [0.15, 0.2) is 40.9 Å². The summed E-state index contributed by atoms with van der Waals surface area (Å²) in [5, 5.41) is 0. The van der Waals surface area contributed by atoms with Gasteiger partial charge in [0.05, 0.1) is 25.3 Å². The highest BCUT2D eigenvalue weighted by atomic mass is 35.5. The highest BCUT2D eigenvalue weighted by Crippen LogP contribution is 2.20. The number of amides is 1. The van der Waals surface area contributed by atoms with Gasteiger partial charge in [0.25, 0.3) is 0 Å². The Bertz CT molecular complexity index is 702. The Balaban J connectivity index is 0.00000196. The lowest BCUT2D eigenvalue weighted by molar-refractivity contribution is -0.135. The molecule has 0 radical (unpaired) electrons. The summed E-state index contributed by atoms with van der Waals surface area (Å²) in [7, 11) is 1.59. The van der Waals surface area contributed by atoms with Crippen LogP contribution in [0.4, 0.5) is 0 Å². The van der Waals surface area contributed by atoms with Crippen molar-refractivity contribution in [3.63, 3.8) is 0 Å². The van der Waals surface area contributed by atoms with Crippen molar-refractivity contribution in [3.8, 4) is 11.3 Å². The minimum atomic E-state index is -0.204. The second-order valence-corrected chi connectivity index (χ2v) is 6.44. The first-order chi connectivity index (χ1) is 12.7. The zero-order chi connectivity index (χ0) is 18.4. The van der Waals surface area contributed by atoms with Gasteiger partial charge < -0.3 is 19.8 Å². The number of aromatic nitrogens is 1. The zero-order valence-electron chi connectivity index (χ0n) is 16.0. The van der Waals surface area contributed by atoms with Gasteiger partial charge in [0.15, 0.2) is 5.76 Å². The number of carbonyl (C=O) groups excluding carboxylic acids is 1. The number of benzene rings is 1. The second-order valence-electron chi connectivity index (χ2n) is 6.44. The molecule has 1 atom stereocenters. The number of nitrogens with two attached hydrogens (primary N) is 1. The minimum Gasteiger partial charge on any atom is -0.439 e. The fraction of sp³-hybridized carbons (Fsp3) is 0.474. The fourth-order valence-electron chi connectivity index (χ4n) is 3.05. The highest BCUT2D eigenvalue weighted by Gasteiger charge is 2.24. The largest absolute Gasteiger partial charge is 0.439 e. The van der Waals surface area contributed by atoms with Crippen molar-refractivity contribution in [2.24, 2.45) is 5.73 Å². The molecule has 156 valence electrons. The molecule has 0 saturated carbocycles. The zero-order valence-corrected chi connectivity index (χ0v) is 17.6. The predicted molar refractivity (Wildman–Crippen MR) is 113 cm³/mol. The van der Waals surface area contributed by atoms with E-state index in [1.165, 1.54) is 0 Å². The Hall–Kier alpha value is -1.64. The molecule has 1 fully saturated rings. The lowest BCUT2D eigenvalue weighted by Gasteiger charge is -2.34. The quantitative estimate of drug-likeness (QED) is 0.724. The lowest BCUT2D eigenvalue weighted by Crippen LogP contribution is -2.49.